The number of benzene rings is 1. The van der Waals surface area contributed by atoms with Crippen molar-refractivity contribution in [2.45, 2.75) is 46.1 Å². The maximum Gasteiger partial charge on any atom is 0.124 e. The van der Waals surface area contributed by atoms with E-state index in [-0.39, 0.29) is 0 Å². The molecule has 20 heavy (non-hydrogen) atoms. The topological polar surface area (TPSA) is 30.5 Å². The average molecular weight is 279 g/mol. The van der Waals surface area contributed by atoms with E-state index in [0.717, 1.165) is 31.7 Å². The summed E-state index contributed by atoms with van der Waals surface area (Å²) < 4.78 is 11.4. The summed E-state index contributed by atoms with van der Waals surface area (Å²) in [6.45, 7) is 9.64. The second-order valence-electron chi connectivity index (χ2n) is 5.03. The molecule has 3 heteroatoms. The lowest BCUT2D eigenvalue weighted by Gasteiger charge is -2.18. The van der Waals surface area contributed by atoms with Crippen LogP contribution in [0.2, 0.25) is 0 Å². The molecule has 0 heterocycles. The fraction of sp³-hybridized carbons (Fsp3) is 0.647. The van der Waals surface area contributed by atoms with Gasteiger partial charge in [-0.15, -0.1) is 0 Å². The standard InChI is InChI=1S/C17H29NO2/c1-4-6-12-19-13-14-20-17-10-8-7-9-16(17)15(3)18-11-5-2/h7-10,15,18H,4-6,11-14H2,1-3H3. The van der Waals surface area contributed by atoms with Crippen molar-refractivity contribution in [3.8, 4) is 5.75 Å². The molecular formula is C17H29NO2. The molecule has 1 aromatic rings. The highest BCUT2D eigenvalue weighted by atomic mass is 16.5. The highest BCUT2D eigenvalue weighted by molar-refractivity contribution is 5.35. The number of hydrogen-bond acceptors (Lipinski definition) is 3. The molecule has 0 bridgehead atoms. The molecule has 0 spiro atoms. The summed E-state index contributed by atoms with van der Waals surface area (Å²) in [5, 5.41) is 3.50. The van der Waals surface area contributed by atoms with Crippen molar-refractivity contribution < 1.29 is 9.47 Å². The van der Waals surface area contributed by atoms with Gasteiger partial charge in [-0.2, -0.15) is 0 Å². The summed E-state index contributed by atoms with van der Waals surface area (Å²) in [4.78, 5) is 0. The summed E-state index contributed by atoms with van der Waals surface area (Å²) in [7, 11) is 0. The Hall–Kier alpha value is -1.06. The Bertz CT molecular complexity index is 355. The van der Waals surface area contributed by atoms with Crippen molar-refractivity contribution in [2.75, 3.05) is 26.4 Å². The lowest BCUT2D eigenvalue weighted by Crippen LogP contribution is -2.20. The van der Waals surface area contributed by atoms with Gasteiger partial charge in [0.1, 0.15) is 12.4 Å². The molecule has 1 unspecified atom stereocenters. The quantitative estimate of drug-likeness (QED) is 0.622. The predicted molar refractivity (Wildman–Crippen MR) is 84.4 cm³/mol. The smallest absolute Gasteiger partial charge is 0.124 e. The summed E-state index contributed by atoms with van der Waals surface area (Å²) >= 11 is 0. The number of hydrogen-bond donors (Lipinski definition) is 1. The van der Waals surface area contributed by atoms with Gasteiger partial charge in [0.05, 0.1) is 6.61 Å². The average Bonchev–Trinajstić information content (AvgIpc) is 2.48. The van der Waals surface area contributed by atoms with Gasteiger partial charge in [-0.05, 0) is 32.4 Å². The molecule has 3 nitrogen and oxygen atoms in total. The van der Waals surface area contributed by atoms with Crippen LogP contribution in [0.1, 0.15) is 51.6 Å². The van der Waals surface area contributed by atoms with Crippen LogP contribution >= 0.6 is 0 Å². The van der Waals surface area contributed by atoms with Gasteiger partial charge in [0.15, 0.2) is 0 Å². The van der Waals surface area contributed by atoms with Crippen molar-refractivity contribution in [3.05, 3.63) is 29.8 Å². The normalized spacial score (nSPS) is 12.3. The fourth-order valence-electron chi connectivity index (χ4n) is 2.00. The summed E-state index contributed by atoms with van der Waals surface area (Å²) in [5.74, 6) is 0.961. The van der Waals surface area contributed by atoms with E-state index >= 15 is 0 Å². The van der Waals surface area contributed by atoms with Gasteiger partial charge in [0, 0.05) is 18.2 Å². The van der Waals surface area contributed by atoms with E-state index in [1.807, 2.05) is 12.1 Å². The minimum absolute atomic E-state index is 0.312. The molecule has 1 aromatic carbocycles. The van der Waals surface area contributed by atoms with Crippen molar-refractivity contribution in [2.24, 2.45) is 0 Å². The van der Waals surface area contributed by atoms with Crippen molar-refractivity contribution >= 4 is 0 Å². The van der Waals surface area contributed by atoms with Crippen LogP contribution in [0.3, 0.4) is 0 Å². The first-order valence-corrected chi connectivity index (χ1v) is 7.82. The molecule has 0 aliphatic carbocycles. The van der Waals surface area contributed by atoms with Crippen LogP contribution < -0.4 is 10.1 Å². The zero-order valence-electron chi connectivity index (χ0n) is 13.2. The highest BCUT2D eigenvalue weighted by Crippen LogP contribution is 2.24. The van der Waals surface area contributed by atoms with Crippen LogP contribution in [0.5, 0.6) is 5.75 Å². The van der Waals surface area contributed by atoms with E-state index in [1.54, 1.807) is 0 Å². The van der Waals surface area contributed by atoms with E-state index in [9.17, 15) is 0 Å². The molecule has 0 aliphatic rings. The van der Waals surface area contributed by atoms with Crippen molar-refractivity contribution in [3.63, 3.8) is 0 Å². The van der Waals surface area contributed by atoms with Crippen LogP contribution in [0.25, 0.3) is 0 Å². The zero-order chi connectivity index (χ0) is 14.6. The van der Waals surface area contributed by atoms with E-state index in [0.29, 0.717) is 19.3 Å². The first kappa shape index (κ1) is 17.0. The Kier molecular flexibility index (Phi) is 9.09. The Balaban J connectivity index is 2.40. The Morgan fingerprint density at radius 3 is 2.60 bits per heavy atom. The van der Waals surface area contributed by atoms with E-state index in [2.05, 4.69) is 38.2 Å². The number of ether oxygens (including phenoxy) is 2. The van der Waals surface area contributed by atoms with E-state index in [4.69, 9.17) is 9.47 Å². The Labute approximate surface area is 123 Å². The van der Waals surface area contributed by atoms with E-state index in [1.165, 1.54) is 12.0 Å². The molecule has 0 amide bonds. The molecule has 1 rings (SSSR count). The van der Waals surface area contributed by atoms with Gasteiger partial charge in [0.2, 0.25) is 0 Å². The molecule has 0 fully saturated rings. The predicted octanol–water partition coefficient (Wildman–Crippen LogP) is 3.94. The van der Waals surface area contributed by atoms with Crippen LogP contribution in [-0.4, -0.2) is 26.4 Å². The Morgan fingerprint density at radius 1 is 1.05 bits per heavy atom. The van der Waals surface area contributed by atoms with Crippen LogP contribution in [-0.2, 0) is 4.74 Å². The summed E-state index contributed by atoms with van der Waals surface area (Å²) in [6, 6.07) is 8.55. The van der Waals surface area contributed by atoms with Gasteiger partial charge in [-0.3, -0.25) is 0 Å². The molecule has 0 radical (unpaired) electrons. The third-order valence-electron chi connectivity index (χ3n) is 3.21. The molecule has 0 aromatic heterocycles. The van der Waals surface area contributed by atoms with Crippen molar-refractivity contribution in [1.82, 2.24) is 5.32 Å². The van der Waals surface area contributed by atoms with Crippen LogP contribution in [0, 0.1) is 0 Å². The van der Waals surface area contributed by atoms with Crippen LogP contribution in [0.4, 0.5) is 0 Å². The maximum absolute atomic E-state index is 5.85. The monoisotopic (exact) mass is 279 g/mol. The highest BCUT2D eigenvalue weighted by Gasteiger charge is 2.10. The number of para-hydroxylation sites is 1. The minimum atomic E-state index is 0.312. The third-order valence-corrected chi connectivity index (χ3v) is 3.21. The zero-order valence-corrected chi connectivity index (χ0v) is 13.2. The lowest BCUT2D eigenvalue weighted by atomic mass is 10.1. The first-order chi connectivity index (χ1) is 9.79. The maximum atomic E-state index is 5.85. The van der Waals surface area contributed by atoms with Crippen molar-refractivity contribution in [1.29, 1.82) is 0 Å². The third kappa shape index (κ3) is 6.40. The molecule has 0 saturated heterocycles. The molecule has 1 N–H and O–H groups in total. The van der Waals surface area contributed by atoms with Gasteiger partial charge >= 0.3 is 0 Å². The molecular weight excluding hydrogens is 250 g/mol. The largest absolute Gasteiger partial charge is 0.491 e. The molecule has 1 atom stereocenters. The molecule has 0 aliphatic heterocycles. The fourth-order valence-corrected chi connectivity index (χ4v) is 2.00. The molecule has 114 valence electrons. The summed E-state index contributed by atoms with van der Waals surface area (Å²) in [5.41, 5.74) is 1.22. The number of unbranched alkanes of at least 4 members (excludes halogenated alkanes) is 1. The lowest BCUT2D eigenvalue weighted by molar-refractivity contribution is 0.0975. The number of rotatable bonds is 11. The van der Waals surface area contributed by atoms with E-state index < -0.39 is 0 Å². The van der Waals surface area contributed by atoms with Gasteiger partial charge in [-0.1, -0.05) is 38.5 Å². The number of nitrogens with one attached hydrogen (secondary N) is 1. The SMILES string of the molecule is CCCCOCCOc1ccccc1C(C)NCCC. The summed E-state index contributed by atoms with van der Waals surface area (Å²) in [6.07, 6.45) is 3.43. The van der Waals surface area contributed by atoms with Gasteiger partial charge < -0.3 is 14.8 Å². The minimum Gasteiger partial charge on any atom is -0.491 e. The molecule has 0 saturated carbocycles. The Morgan fingerprint density at radius 2 is 1.85 bits per heavy atom. The first-order valence-electron chi connectivity index (χ1n) is 7.82. The second kappa shape index (κ2) is 10.7. The van der Waals surface area contributed by atoms with Crippen LogP contribution in [0.15, 0.2) is 24.3 Å². The van der Waals surface area contributed by atoms with Gasteiger partial charge in [-0.25, -0.2) is 0 Å². The second-order valence-corrected chi connectivity index (χ2v) is 5.03. The van der Waals surface area contributed by atoms with Gasteiger partial charge in [0.25, 0.3) is 0 Å².